The van der Waals surface area contributed by atoms with Gasteiger partial charge in [0.25, 0.3) is 17.7 Å². The number of carbonyl (C=O) groups excluding carboxylic acids is 3. The number of aryl methyl sites for hydroxylation is 1. The van der Waals surface area contributed by atoms with Gasteiger partial charge in [0.1, 0.15) is 0 Å². The van der Waals surface area contributed by atoms with Crippen molar-refractivity contribution in [2.75, 3.05) is 32.5 Å². The van der Waals surface area contributed by atoms with Gasteiger partial charge in [0.05, 0.1) is 22.0 Å². The molecular formula is C30H30Cl2N6O3. The lowest BCUT2D eigenvalue weighted by Gasteiger charge is -2.20. The molecule has 0 spiro atoms. The molecule has 0 saturated carbocycles. The van der Waals surface area contributed by atoms with Crippen molar-refractivity contribution in [2.45, 2.75) is 12.8 Å². The van der Waals surface area contributed by atoms with Crippen LogP contribution in [-0.2, 0) is 12.8 Å². The van der Waals surface area contributed by atoms with Gasteiger partial charge in [0.15, 0.2) is 5.69 Å². The van der Waals surface area contributed by atoms with Gasteiger partial charge in [-0.1, -0.05) is 29.8 Å². The lowest BCUT2D eigenvalue weighted by molar-refractivity contribution is 0.0949. The van der Waals surface area contributed by atoms with Crippen LogP contribution in [0.15, 0.2) is 66.7 Å². The lowest BCUT2D eigenvalue weighted by Crippen LogP contribution is -2.31. The summed E-state index contributed by atoms with van der Waals surface area (Å²) in [5, 5.41) is 10.8. The Morgan fingerprint density at radius 2 is 1.73 bits per heavy atom. The van der Waals surface area contributed by atoms with Crippen molar-refractivity contribution in [3.63, 3.8) is 0 Å². The Morgan fingerprint density at radius 1 is 1.00 bits per heavy atom. The Balaban J connectivity index is 0.00000387. The van der Waals surface area contributed by atoms with Crippen molar-refractivity contribution in [2.24, 2.45) is 5.73 Å². The van der Waals surface area contributed by atoms with E-state index < -0.39 is 5.91 Å². The number of nitrogens with two attached hydrogens (primary N) is 1. The summed E-state index contributed by atoms with van der Waals surface area (Å²) in [6.07, 6.45) is 1.29. The number of rotatable bonds is 8. The predicted octanol–water partition coefficient (Wildman–Crippen LogP) is 4.36. The minimum absolute atomic E-state index is 0. The van der Waals surface area contributed by atoms with E-state index in [2.05, 4.69) is 15.7 Å². The van der Waals surface area contributed by atoms with E-state index in [1.807, 2.05) is 37.2 Å². The van der Waals surface area contributed by atoms with Crippen molar-refractivity contribution < 1.29 is 14.4 Å². The molecule has 0 unspecified atom stereocenters. The Morgan fingerprint density at radius 3 is 2.41 bits per heavy atom. The highest BCUT2D eigenvalue weighted by molar-refractivity contribution is 6.34. The number of aromatic nitrogens is 2. The van der Waals surface area contributed by atoms with E-state index in [9.17, 15) is 14.4 Å². The van der Waals surface area contributed by atoms with Crippen molar-refractivity contribution in [1.82, 2.24) is 20.0 Å². The van der Waals surface area contributed by atoms with Crippen LogP contribution in [0.1, 0.15) is 42.3 Å². The summed E-state index contributed by atoms with van der Waals surface area (Å²) < 4.78 is 1.68. The molecular weight excluding hydrogens is 563 g/mol. The largest absolute Gasteiger partial charge is 0.364 e. The Kier molecular flexibility index (Phi) is 9.12. The molecule has 4 N–H and O–H groups in total. The Hall–Kier alpha value is -4.18. The molecule has 41 heavy (non-hydrogen) atoms. The fourth-order valence-corrected chi connectivity index (χ4v) is 5.02. The van der Waals surface area contributed by atoms with Crippen LogP contribution < -0.4 is 16.4 Å². The number of likely N-dealkylation sites (N-methyl/N-ethyl adjacent to an activating group) is 1. The van der Waals surface area contributed by atoms with E-state index in [1.165, 1.54) is 0 Å². The number of hydrogen-bond donors (Lipinski definition) is 3. The normalized spacial score (nSPS) is 11.7. The van der Waals surface area contributed by atoms with Crippen LogP contribution in [0.5, 0.6) is 0 Å². The van der Waals surface area contributed by atoms with Crippen molar-refractivity contribution in [1.29, 1.82) is 0 Å². The van der Waals surface area contributed by atoms with E-state index in [0.717, 1.165) is 28.9 Å². The fraction of sp³-hybridized carbons (Fsp3) is 0.200. The minimum Gasteiger partial charge on any atom is -0.364 e. The number of primary amides is 1. The number of amides is 3. The highest BCUT2D eigenvalue weighted by atomic mass is 35.5. The summed E-state index contributed by atoms with van der Waals surface area (Å²) in [5.74, 6) is -1.11. The van der Waals surface area contributed by atoms with Crippen LogP contribution in [0.3, 0.4) is 0 Å². The zero-order valence-electron chi connectivity index (χ0n) is 22.6. The van der Waals surface area contributed by atoms with Gasteiger partial charge < -0.3 is 21.3 Å². The molecule has 11 heteroatoms. The first-order valence-electron chi connectivity index (χ1n) is 12.9. The molecule has 3 aromatic carbocycles. The van der Waals surface area contributed by atoms with Crippen LogP contribution in [0.4, 0.5) is 5.69 Å². The standard InChI is InChI=1S/C30H29ClN6O3.ClH/c1-36(2)16-15-33-29(39)19-8-12-21(13-9-19)37-27-23(26(35-37)28(32)38)14-10-18-7-11-20(17-24(18)27)34-30(40)22-5-3-4-6-25(22)31;/h3-9,11-13,17H,10,14-16H2,1-2H3,(H2,32,38)(H,33,39)(H,34,40);1H. The summed E-state index contributed by atoms with van der Waals surface area (Å²) in [5.41, 5.74) is 11.4. The summed E-state index contributed by atoms with van der Waals surface area (Å²) in [4.78, 5) is 39.8. The molecule has 5 rings (SSSR count). The maximum Gasteiger partial charge on any atom is 0.269 e. The zero-order chi connectivity index (χ0) is 28.4. The number of nitrogens with zero attached hydrogens (tertiary/aromatic N) is 3. The van der Waals surface area contributed by atoms with Crippen molar-refractivity contribution in [3.8, 4) is 16.9 Å². The highest BCUT2D eigenvalue weighted by Crippen LogP contribution is 2.38. The first kappa shape index (κ1) is 29.8. The summed E-state index contributed by atoms with van der Waals surface area (Å²) in [7, 11) is 3.89. The van der Waals surface area contributed by atoms with E-state index >= 15 is 0 Å². The van der Waals surface area contributed by atoms with Crippen LogP contribution in [0.25, 0.3) is 16.9 Å². The van der Waals surface area contributed by atoms with E-state index in [4.69, 9.17) is 17.3 Å². The predicted molar refractivity (Wildman–Crippen MR) is 162 cm³/mol. The maximum absolute atomic E-state index is 12.9. The van der Waals surface area contributed by atoms with Crippen LogP contribution in [-0.4, -0.2) is 59.6 Å². The molecule has 0 saturated heterocycles. The van der Waals surface area contributed by atoms with Gasteiger partial charge in [-0.05, 0) is 81.0 Å². The second-order valence-electron chi connectivity index (χ2n) is 9.86. The molecule has 0 radical (unpaired) electrons. The molecule has 1 heterocycles. The third-order valence-corrected chi connectivity index (χ3v) is 7.15. The summed E-state index contributed by atoms with van der Waals surface area (Å²) in [6.45, 7) is 1.27. The SMILES string of the molecule is CN(C)CCNC(=O)c1ccc(-n2nc(C(N)=O)c3c2-c2cc(NC(=O)c4ccccc4Cl)ccc2CC3)cc1.Cl. The third kappa shape index (κ3) is 6.27. The molecule has 1 aromatic heterocycles. The second kappa shape index (κ2) is 12.6. The molecule has 0 bridgehead atoms. The molecule has 1 aliphatic carbocycles. The van der Waals surface area contributed by atoms with Crippen LogP contribution in [0, 0.1) is 0 Å². The number of nitrogens with one attached hydrogen (secondary N) is 2. The van der Waals surface area contributed by atoms with E-state index in [1.54, 1.807) is 53.2 Å². The molecule has 0 aliphatic heterocycles. The topological polar surface area (TPSA) is 122 Å². The van der Waals surface area contributed by atoms with Gasteiger partial charge in [-0.15, -0.1) is 12.4 Å². The first-order chi connectivity index (χ1) is 19.2. The van der Waals surface area contributed by atoms with Gasteiger partial charge in [0.2, 0.25) is 0 Å². The summed E-state index contributed by atoms with van der Waals surface area (Å²) >= 11 is 6.21. The van der Waals surface area contributed by atoms with Crippen LogP contribution >= 0.6 is 24.0 Å². The molecule has 3 amide bonds. The number of benzene rings is 3. The van der Waals surface area contributed by atoms with Gasteiger partial charge in [-0.2, -0.15) is 5.10 Å². The van der Waals surface area contributed by atoms with Crippen molar-refractivity contribution >= 4 is 47.4 Å². The molecule has 0 atom stereocenters. The third-order valence-electron chi connectivity index (χ3n) is 6.82. The number of fused-ring (bicyclic) bond motifs is 3. The molecule has 4 aromatic rings. The van der Waals surface area contributed by atoms with Crippen LogP contribution in [0.2, 0.25) is 5.02 Å². The number of anilines is 1. The highest BCUT2D eigenvalue weighted by Gasteiger charge is 2.28. The average molecular weight is 594 g/mol. The minimum atomic E-state index is -0.612. The van der Waals surface area contributed by atoms with Gasteiger partial charge in [-0.3, -0.25) is 14.4 Å². The van der Waals surface area contributed by atoms with Gasteiger partial charge >= 0.3 is 0 Å². The molecule has 1 aliphatic rings. The fourth-order valence-electron chi connectivity index (χ4n) is 4.79. The second-order valence-corrected chi connectivity index (χ2v) is 10.3. The number of hydrogen-bond acceptors (Lipinski definition) is 5. The van der Waals surface area contributed by atoms with E-state index in [0.29, 0.717) is 46.9 Å². The summed E-state index contributed by atoms with van der Waals surface area (Å²) in [6, 6.07) is 19.5. The van der Waals surface area contributed by atoms with Crippen molar-refractivity contribution in [3.05, 3.63) is 99.7 Å². The molecule has 0 fully saturated rings. The monoisotopic (exact) mass is 592 g/mol. The van der Waals surface area contributed by atoms with E-state index in [-0.39, 0.29) is 29.9 Å². The zero-order valence-corrected chi connectivity index (χ0v) is 24.2. The average Bonchev–Trinajstić information content (AvgIpc) is 3.34. The van der Waals surface area contributed by atoms with Gasteiger partial charge in [0, 0.05) is 35.5 Å². The maximum atomic E-state index is 12.9. The smallest absolute Gasteiger partial charge is 0.269 e. The first-order valence-corrected chi connectivity index (χ1v) is 13.2. The Bertz CT molecular complexity index is 1620. The Labute approximate surface area is 249 Å². The lowest BCUT2D eigenvalue weighted by atomic mass is 9.88. The number of carbonyl (C=O) groups is 3. The quantitative estimate of drug-likeness (QED) is 0.280. The molecule has 212 valence electrons. The number of halogens is 2. The van der Waals surface area contributed by atoms with Gasteiger partial charge in [-0.25, -0.2) is 4.68 Å². The molecule has 9 nitrogen and oxygen atoms in total.